The third-order valence-electron chi connectivity index (χ3n) is 5.63. The Morgan fingerprint density at radius 3 is 2.33 bits per heavy atom. The first-order valence-electron chi connectivity index (χ1n) is 11.4. The molecule has 2 atom stereocenters. The first-order chi connectivity index (χ1) is 16.1. The molecule has 0 bridgehead atoms. The van der Waals surface area contributed by atoms with Crippen molar-refractivity contribution in [2.45, 2.75) is 44.4 Å². The number of benzene rings is 2. The lowest BCUT2D eigenvalue weighted by molar-refractivity contribution is -0.144. The number of aliphatic hydroxyl groups is 1. The highest BCUT2D eigenvalue weighted by Crippen LogP contribution is 2.15. The molecule has 0 saturated carbocycles. The van der Waals surface area contributed by atoms with E-state index in [9.17, 15) is 9.90 Å². The molecule has 0 saturated heterocycles. The molecule has 3 N–H and O–H groups in total. The van der Waals surface area contributed by atoms with Crippen LogP contribution in [0.15, 0.2) is 72.8 Å². The van der Waals surface area contributed by atoms with Gasteiger partial charge in [0.25, 0.3) is 0 Å². The summed E-state index contributed by atoms with van der Waals surface area (Å²) in [6.45, 7) is 0. The quantitative estimate of drug-likeness (QED) is 0.221. The minimum Gasteiger partial charge on any atom is -0.468 e. The molecular formula is C27H33N3O3. The molecule has 0 radical (unpaired) electrons. The standard InChI is InChI=1S/C27H33N3O3/c1-28-25-14-8-13-23(29-25)12-7-6-9-20-15-17-21(18-16-20)19-24(27(32)33-2)30-26(31)22-10-4-3-5-11-22/h3-5,8,10-11,13-18,24,26,30-31H,6-7,9,12,19H2,1-2H3,(H,28,29)/t24-,26?/m0/s1. The monoisotopic (exact) mass is 447 g/mol. The fourth-order valence-electron chi connectivity index (χ4n) is 3.75. The van der Waals surface area contributed by atoms with E-state index in [1.54, 1.807) is 0 Å². The van der Waals surface area contributed by atoms with E-state index in [4.69, 9.17) is 4.74 Å². The number of hydrogen-bond donors (Lipinski definition) is 3. The van der Waals surface area contributed by atoms with Crippen LogP contribution in [-0.2, 0) is 28.8 Å². The lowest BCUT2D eigenvalue weighted by atomic mass is 10.0. The Hall–Kier alpha value is -3.22. The van der Waals surface area contributed by atoms with Crippen LogP contribution in [0.2, 0.25) is 0 Å². The summed E-state index contributed by atoms with van der Waals surface area (Å²) in [6, 6.07) is 22.9. The van der Waals surface area contributed by atoms with Crippen molar-refractivity contribution in [3.63, 3.8) is 0 Å². The number of esters is 1. The van der Waals surface area contributed by atoms with Gasteiger partial charge in [0, 0.05) is 12.7 Å². The SMILES string of the molecule is CNc1cccc(CCCCc2ccc(C[C@H](NC(O)c3ccccc3)C(=O)OC)cc2)n1. The number of methoxy groups -OCH3 is 1. The predicted molar refractivity (Wildman–Crippen MR) is 131 cm³/mol. The largest absolute Gasteiger partial charge is 0.468 e. The number of anilines is 1. The van der Waals surface area contributed by atoms with Crippen molar-refractivity contribution < 1.29 is 14.6 Å². The third kappa shape index (κ3) is 7.70. The van der Waals surface area contributed by atoms with Crippen molar-refractivity contribution in [2.75, 3.05) is 19.5 Å². The van der Waals surface area contributed by atoms with Gasteiger partial charge in [-0.15, -0.1) is 0 Å². The molecule has 1 unspecified atom stereocenters. The number of unbranched alkanes of at least 4 members (excludes halogenated alkanes) is 1. The van der Waals surface area contributed by atoms with Crippen LogP contribution < -0.4 is 10.6 Å². The number of hydrogen-bond acceptors (Lipinski definition) is 6. The molecule has 3 aromatic rings. The normalized spacial score (nSPS) is 12.7. The molecule has 2 aromatic carbocycles. The fourth-order valence-corrected chi connectivity index (χ4v) is 3.75. The molecule has 0 aliphatic rings. The second-order valence-electron chi connectivity index (χ2n) is 8.05. The van der Waals surface area contributed by atoms with Gasteiger partial charge in [-0.2, -0.15) is 0 Å². The van der Waals surface area contributed by atoms with Gasteiger partial charge in [0.15, 0.2) is 0 Å². The number of aryl methyl sites for hydroxylation is 2. The van der Waals surface area contributed by atoms with Crippen molar-refractivity contribution in [1.29, 1.82) is 0 Å². The van der Waals surface area contributed by atoms with Crippen LogP contribution in [0, 0.1) is 0 Å². The van der Waals surface area contributed by atoms with Crippen molar-refractivity contribution in [3.8, 4) is 0 Å². The van der Waals surface area contributed by atoms with Gasteiger partial charge in [0.05, 0.1) is 7.11 Å². The molecule has 1 heterocycles. The van der Waals surface area contributed by atoms with Crippen LogP contribution in [0.4, 0.5) is 5.82 Å². The lowest BCUT2D eigenvalue weighted by Gasteiger charge is -2.21. The number of ether oxygens (including phenoxy) is 1. The second kappa shape index (κ2) is 12.7. The summed E-state index contributed by atoms with van der Waals surface area (Å²) in [5.41, 5.74) is 4.09. The van der Waals surface area contributed by atoms with Gasteiger partial charge in [0.1, 0.15) is 18.1 Å². The van der Waals surface area contributed by atoms with E-state index in [0.29, 0.717) is 12.0 Å². The van der Waals surface area contributed by atoms with Crippen molar-refractivity contribution in [2.24, 2.45) is 0 Å². The van der Waals surface area contributed by atoms with Gasteiger partial charge in [-0.3, -0.25) is 10.1 Å². The van der Waals surface area contributed by atoms with E-state index >= 15 is 0 Å². The smallest absolute Gasteiger partial charge is 0.323 e. The van der Waals surface area contributed by atoms with E-state index in [0.717, 1.165) is 42.8 Å². The number of carbonyl (C=O) groups excluding carboxylic acids is 1. The van der Waals surface area contributed by atoms with E-state index in [1.807, 2.05) is 61.6 Å². The zero-order valence-corrected chi connectivity index (χ0v) is 19.3. The highest BCUT2D eigenvalue weighted by atomic mass is 16.5. The van der Waals surface area contributed by atoms with E-state index < -0.39 is 18.2 Å². The van der Waals surface area contributed by atoms with E-state index in [2.05, 4.69) is 33.8 Å². The molecule has 0 aliphatic heterocycles. The molecule has 6 heteroatoms. The molecule has 0 spiro atoms. The highest BCUT2D eigenvalue weighted by Gasteiger charge is 2.23. The molecule has 174 valence electrons. The Morgan fingerprint density at radius 1 is 0.939 bits per heavy atom. The van der Waals surface area contributed by atoms with E-state index in [-0.39, 0.29) is 0 Å². The summed E-state index contributed by atoms with van der Waals surface area (Å²) in [6.07, 6.45) is 3.61. The summed E-state index contributed by atoms with van der Waals surface area (Å²) in [5, 5.41) is 16.5. The van der Waals surface area contributed by atoms with Crippen molar-refractivity contribution in [3.05, 3.63) is 95.2 Å². The topological polar surface area (TPSA) is 83.5 Å². The molecule has 6 nitrogen and oxygen atoms in total. The van der Waals surface area contributed by atoms with Crippen LogP contribution >= 0.6 is 0 Å². The first kappa shape index (κ1) is 24.4. The highest BCUT2D eigenvalue weighted by molar-refractivity contribution is 5.76. The summed E-state index contributed by atoms with van der Waals surface area (Å²) in [7, 11) is 3.24. The Bertz CT molecular complexity index is 993. The number of rotatable bonds is 12. The summed E-state index contributed by atoms with van der Waals surface area (Å²) in [4.78, 5) is 16.8. The average molecular weight is 448 g/mol. The summed E-state index contributed by atoms with van der Waals surface area (Å²) >= 11 is 0. The van der Waals surface area contributed by atoms with Gasteiger partial charge in [-0.25, -0.2) is 4.98 Å². The van der Waals surface area contributed by atoms with E-state index in [1.165, 1.54) is 12.7 Å². The Morgan fingerprint density at radius 2 is 1.64 bits per heavy atom. The average Bonchev–Trinajstić information content (AvgIpc) is 2.87. The molecule has 33 heavy (non-hydrogen) atoms. The zero-order chi connectivity index (χ0) is 23.5. The summed E-state index contributed by atoms with van der Waals surface area (Å²) < 4.78 is 4.94. The van der Waals surface area contributed by atoms with Gasteiger partial charge in [-0.05, 0) is 60.9 Å². The minimum atomic E-state index is -0.946. The number of nitrogens with zero attached hydrogens (tertiary/aromatic N) is 1. The van der Waals surface area contributed by atoms with Crippen molar-refractivity contribution in [1.82, 2.24) is 10.3 Å². The first-order valence-corrected chi connectivity index (χ1v) is 11.4. The van der Waals surface area contributed by atoms with Gasteiger partial charge < -0.3 is 15.2 Å². The predicted octanol–water partition coefficient (Wildman–Crippen LogP) is 4.05. The van der Waals surface area contributed by atoms with Crippen LogP contribution in [-0.4, -0.2) is 36.3 Å². The number of pyridine rings is 1. The Kier molecular flexibility index (Phi) is 9.42. The third-order valence-corrected chi connectivity index (χ3v) is 5.63. The maximum Gasteiger partial charge on any atom is 0.323 e. The van der Waals surface area contributed by atoms with Gasteiger partial charge in [0.2, 0.25) is 0 Å². The number of carbonyl (C=O) groups is 1. The van der Waals surface area contributed by atoms with Crippen LogP contribution in [0.25, 0.3) is 0 Å². The van der Waals surface area contributed by atoms with Crippen LogP contribution in [0.3, 0.4) is 0 Å². The summed E-state index contributed by atoms with van der Waals surface area (Å²) in [5.74, 6) is 0.504. The maximum absolute atomic E-state index is 12.3. The molecule has 0 amide bonds. The lowest BCUT2D eigenvalue weighted by Crippen LogP contribution is -2.41. The molecule has 0 fully saturated rings. The van der Waals surface area contributed by atoms with Gasteiger partial charge >= 0.3 is 5.97 Å². The van der Waals surface area contributed by atoms with Crippen molar-refractivity contribution >= 4 is 11.8 Å². The second-order valence-corrected chi connectivity index (χ2v) is 8.05. The fraction of sp³-hybridized carbons (Fsp3) is 0.333. The molecule has 3 rings (SSSR count). The number of nitrogens with one attached hydrogen (secondary N) is 2. The number of aliphatic hydroxyl groups excluding tert-OH is 1. The molecule has 0 aliphatic carbocycles. The Balaban J connectivity index is 1.50. The Labute approximate surface area is 196 Å². The molecule has 1 aromatic heterocycles. The number of aromatic nitrogens is 1. The maximum atomic E-state index is 12.3. The van der Waals surface area contributed by atoms with Gasteiger partial charge in [-0.1, -0.05) is 60.7 Å². The van der Waals surface area contributed by atoms with Crippen LogP contribution in [0.1, 0.15) is 41.5 Å². The molecular weight excluding hydrogens is 414 g/mol. The minimum absolute atomic E-state index is 0.398. The zero-order valence-electron chi connectivity index (χ0n) is 19.3. The van der Waals surface area contributed by atoms with Crippen LogP contribution in [0.5, 0.6) is 0 Å².